The zero-order valence-electron chi connectivity index (χ0n) is 14.0. The number of hydrogen-bond acceptors (Lipinski definition) is 0. The summed E-state index contributed by atoms with van der Waals surface area (Å²) in [7, 11) is 3.34. The Morgan fingerprint density at radius 1 is 1.10 bits per heavy atom. The van der Waals surface area contributed by atoms with Gasteiger partial charge in [0.1, 0.15) is 0 Å². The molecule has 0 N–H and O–H groups in total. The summed E-state index contributed by atoms with van der Waals surface area (Å²) in [5.41, 5.74) is 0.544. The summed E-state index contributed by atoms with van der Waals surface area (Å²) < 4.78 is 0. The molecule has 1 saturated carbocycles. The fourth-order valence-electron chi connectivity index (χ4n) is 5.00. The maximum absolute atomic E-state index is 3.34. The standard InChI is InChI=1S/C19H35P/c1-4-19(20,5-2)18(17-11-7-6-8-12-17)14-9-10-16(3)13-15-18/h7,11,16-17H,4-6,8-10,12-15,20H2,1-3H3. The molecule has 2 aliphatic carbocycles. The van der Waals surface area contributed by atoms with Crippen LogP contribution in [0.25, 0.3) is 0 Å². The predicted octanol–water partition coefficient (Wildman–Crippen LogP) is 6.36. The van der Waals surface area contributed by atoms with Crippen molar-refractivity contribution in [1.29, 1.82) is 0 Å². The SMILES string of the molecule is CCC(P)(CC)C1(C2C=CCCC2)CCCC(C)CC1. The molecule has 0 aromatic rings. The van der Waals surface area contributed by atoms with Gasteiger partial charge in [-0.3, -0.25) is 0 Å². The van der Waals surface area contributed by atoms with E-state index >= 15 is 0 Å². The van der Waals surface area contributed by atoms with Crippen molar-refractivity contribution in [2.75, 3.05) is 0 Å². The molecule has 2 aliphatic rings. The van der Waals surface area contributed by atoms with Crippen LogP contribution in [0.4, 0.5) is 0 Å². The third kappa shape index (κ3) is 3.01. The summed E-state index contributed by atoms with van der Waals surface area (Å²) in [5, 5.41) is 0.448. The molecule has 0 nitrogen and oxygen atoms in total. The molecule has 0 aliphatic heterocycles. The fourth-order valence-corrected chi connectivity index (χ4v) is 5.51. The highest BCUT2D eigenvalue weighted by Gasteiger charge is 2.50. The Morgan fingerprint density at radius 3 is 2.45 bits per heavy atom. The van der Waals surface area contributed by atoms with Crippen LogP contribution >= 0.6 is 9.24 Å². The van der Waals surface area contributed by atoms with Crippen LogP contribution < -0.4 is 0 Å². The van der Waals surface area contributed by atoms with Crippen molar-refractivity contribution in [1.82, 2.24) is 0 Å². The minimum absolute atomic E-state index is 0.448. The second-order valence-electron chi connectivity index (χ2n) is 7.52. The lowest BCUT2D eigenvalue weighted by Gasteiger charge is -2.53. The lowest BCUT2D eigenvalue weighted by Crippen LogP contribution is -2.47. The Kier molecular flexibility index (Phi) is 5.75. The Labute approximate surface area is 129 Å². The summed E-state index contributed by atoms with van der Waals surface area (Å²) in [6.07, 6.45) is 19.1. The number of allylic oxidation sites excluding steroid dienone is 2. The minimum atomic E-state index is 0.448. The van der Waals surface area contributed by atoms with Gasteiger partial charge in [-0.25, -0.2) is 0 Å². The van der Waals surface area contributed by atoms with Gasteiger partial charge in [0.2, 0.25) is 0 Å². The molecule has 1 heteroatoms. The zero-order valence-corrected chi connectivity index (χ0v) is 15.1. The van der Waals surface area contributed by atoms with E-state index in [-0.39, 0.29) is 0 Å². The molecule has 0 heterocycles. The minimum Gasteiger partial charge on any atom is -0.131 e. The summed E-state index contributed by atoms with van der Waals surface area (Å²) in [6.45, 7) is 7.30. The number of rotatable bonds is 4. The number of hydrogen-bond donors (Lipinski definition) is 0. The quantitative estimate of drug-likeness (QED) is 0.321. The average molecular weight is 294 g/mol. The van der Waals surface area contributed by atoms with Gasteiger partial charge in [-0.2, -0.15) is 0 Å². The lowest BCUT2D eigenvalue weighted by atomic mass is 9.58. The first-order valence-corrected chi connectivity index (χ1v) is 9.61. The Morgan fingerprint density at radius 2 is 1.85 bits per heavy atom. The van der Waals surface area contributed by atoms with Crippen LogP contribution in [-0.4, -0.2) is 5.16 Å². The van der Waals surface area contributed by atoms with Crippen LogP contribution in [0.1, 0.15) is 85.0 Å². The van der Waals surface area contributed by atoms with Crippen LogP contribution in [0.5, 0.6) is 0 Å². The summed E-state index contributed by atoms with van der Waals surface area (Å²) in [4.78, 5) is 0. The zero-order chi connectivity index (χ0) is 14.6. The third-order valence-electron chi connectivity index (χ3n) is 6.62. The van der Waals surface area contributed by atoms with E-state index < -0.39 is 0 Å². The second-order valence-corrected chi connectivity index (χ2v) is 8.63. The predicted molar refractivity (Wildman–Crippen MR) is 94.2 cm³/mol. The van der Waals surface area contributed by atoms with Crippen LogP contribution in [0.3, 0.4) is 0 Å². The van der Waals surface area contributed by atoms with E-state index in [1.165, 1.54) is 64.2 Å². The molecule has 1 fully saturated rings. The largest absolute Gasteiger partial charge is 0.131 e. The molecule has 20 heavy (non-hydrogen) atoms. The highest BCUT2D eigenvalue weighted by Crippen LogP contribution is 2.58. The van der Waals surface area contributed by atoms with Crippen molar-refractivity contribution in [3.8, 4) is 0 Å². The first-order chi connectivity index (χ1) is 9.58. The monoisotopic (exact) mass is 294 g/mol. The second kappa shape index (κ2) is 6.95. The highest BCUT2D eigenvalue weighted by atomic mass is 31.0. The summed E-state index contributed by atoms with van der Waals surface area (Å²) in [6, 6.07) is 0. The van der Waals surface area contributed by atoms with E-state index in [0.29, 0.717) is 10.6 Å². The molecule has 0 saturated heterocycles. The third-order valence-corrected chi connectivity index (χ3v) is 8.01. The first kappa shape index (κ1) is 16.5. The summed E-state index contributed by atoms with van der Waals surface area (Å²) in [5.74, 6) is 1.77. The smallest absolute Gasteiger partial charge is 0.00935 e. The van der Waals surface area contributed by atoms with Gasteiger partial charge in [0.15, 0.2) is 0 Å². The van der Waals surface area contributed by atoms with Gasteiger partial charge in [0, 0.05) is 0 Å². The van der Waals surface area contributed by atoms with Gasteiger partial charge in [-0.15, -0.1) is 9.24 Å². The van der Waals surface area contributed by atoms with Crippen LogP contribution in [0, 0.1) is 17.3 Å². The van der Waals surface area contributed by atoms with E-state index in [4.69, 9.17) is 0 Å². The normalized spacial score (nSPS) is 35.8. The molecule has 0 spiro atoms. The lowest BCUT2D eigenvalue weighted by molar-refractivity contribution is 0.0814. The Balaban J connectivity index is 2.35. The van der Waals surface area contributed by atoms with Gasteiger partial charge in [0.05, 0.1) is 0 Å². The topological polar surface area (TPSA) is 0 Å². The molecule has 4 atom stereocenters. The highest BCUT2D eigenvalue weighted by molar-refractivity contribution is 7.19. The van der Waals surface area contributed by atoms with Gasteiger partial charge in [-0.05, 0) is 67.4 Å². The van der Waals surface area contributed by atoms with Crippen molar-refractivity contribution in [3.63, 3.8) is 0 Å². The van der Waals surface area contributed by atoms with Gasteiger partial charge < -0.3 is 0 Å². The van der Waals surface area contributed by atoms with Crippen molar-refractivity contribution < 1.29 is 0 Å². The van der Waals surface area contributed by atoms with E-state index in [1.54, 1.807) is 0 Å². The Hall–Kier alpha value is 0.170. The van der Waals surface area contributed by atoms with Crippen molar-refractivity contribution in [3.05, 3.63) is 12.2 Å². The van der Waals surface area contributed by atoms with Crippen LogP contribution in [0.2, 0.25) is 0 Å². The molecule has 116 valence electrons. The van der Waals surface area contributed by atoms with E-state index in [0.717, 1.165) is 11.8 Å². The van der Waals surface area contributed by atoms with Crippen LogP contribution in [0.15, 0.2) is 12.2 Å². The van der Waals surface area contributed by atoms with Crippen LogP contribution in [-0.2, 0) is 0 Å². The fraction of sp³-hybridized carbons (Fsp3) is 0.895. The molecular weight excluding hydrogens is 259 g/mol. The molecule has 0 aromatic carbocycles. The average Bonchev–Trinajstić information content (AvgIpc) is 2.70. The van der Waals surface area contributed by atoms with Crippen molar-refractivity contribution in [2.24, 2.45) is 17.3 Å². The maximum Gasteiger partial charge on any atom is -0.00935 e. The summed E-state index contributed by atoms with van der Waals surface area (Å²) >= 11 is 0. The van der Waals surface area contributed by atoms with E-state index in [2.05, 4.69) is 42.2 Å². The molecule has 0 amide bonds. The van der Waals surface area contributed by atoms with Gasteiger partial charge in [0.25, 0.3) is 0 Å². The maximum atomic E-state index is 3.34. The molecule has 0 bridgehead atoms. The Bertz CT molecular complexity index is 329. The molecule has 0 aromatic heterocycles. The molecule has 4 unspecified atom stereocenters. The first-order valence-electron chi connectivity index (χ1n) is 9.03. The molecule has 0 radical (unpaired) electrons. The van der Waals surface area contributed by atoms with E-state index in [9.17, 15) is 0 Å². The van der Waals surface area contributed by atoms with Gasteiger partial charge in [-0.1, -0.05) is 52.2 Å². The van der Waals surface area contributed by atoms with Crippen molar-refractivity contribution in [2.45, 2.75) is 90.1 Å². The van der Waals surface area contributed by atoms with E-state index in [1.807, 2.05) is 0 Å². The molecular formula is C19H35P. The molecule has 2 rings (SSSR count). The van der Waals surface area contributed by atoms with Gasteiger partial charge >= 0.3 is 0 Å². The van der Waals surface area contributed by atoms with Crippen molar-refractivity contribution >= 4 is 9.24 Å².